The number of carbonyl (C=O) groups excluding carboxylic acids is 2. The quantitative estimate of drug-likeness (QED) is 0.625. The van der Waals surface area contributed by atoms with Gasteiger partial charge in [-0.2, -0.15) is 0 Å². The third-order valence-electron chi connectivity index (χ3n) is 3.94. The number of carbonyl (C=O) groups is 3. The monoisotopic (exact) mass is 342 g/mol. The minimum absolute atomic E-state index is 0.000644. The number of hydrogen-bond donors (Lipinski definition) is 3. The van der Waals surface area contributed by atoms with Gasteiger partial charge in [-0.05, 0) is 40.2 Å². The molecule has 24 heavy (non-hydrogen) atoms. The van der Waals surface area contributed by atoms with Crippen LogP contribution in [0.3, 0.4) is 0 Å². The van der Waals surface area contributed by atoms with E-state index in [9.17, 15) is 14.4 Å². The number of carboxylic acid groups (broad SMARTS) is 1. The average molecular weight is 342 g/mol. The molecule has 0 radical (unpaired) electrons. The molecule has 0 spiro atoms. The Hall–Kier alpha value is -1.83. The molecule has 0 aromatic heterocycles. The number of hydrogen-bond acceptors (Lipinski definition) is 4. The van der Waals surface area contributed by atoms with Gasteiger partial charge in [0.05, 0.1) is 6.54 Å². The number of amides is 3. The summed E-state index contributed by atoms with van der Waals surface area (Å²) in [5.74, 6) is -1.04. The summed E-state index contributed by atoms with van der Waals surface area (Å²) in [5.41, 5.74) is -0.330. The fraction of sp³-hybridized carbons (Fsp3) is 0.812. The summed E-state index contributed by atoms with van der Waals surface area (Å²) in [6, 6.07) is -0.0758. The normalized spacial score (nSPS) is 20.2. The summed E-state index contributed by atoms with van der Waals surface area (Å²) >= 11 is 0. The number of nitrogens with zero attached hydrogens (tertiary/aromatic N) is 2. The minimum Gasteiger partial charge on any atom is -0.480 e. The SMILES string of the molecule is CCN(CC(=O)O)C1CC(NC(=O)N(C)CC(=O)NC(C)(C)C)C1. The van der Waals surface area contributed by atoms with Gasteiger partial charge in [-0.25, -0.2) is 4.79 Å². The Balaban J connectivity index is 2.34. The van der Waals surface area contributed by atoms with E-state index in [0.29, 0.717) is 6.54 Å². The first-order valence-electron chi connectivity index (χ1n) is 8.30. The predicted octanol–water partition coefficient (Wildman–Crippen LogP) is 0.480. The molecule has 3 amide bonds. The number of urea groups is 1. The molecule has 0 unspecified atom stereocenters. The van der Waals surface area contributed by atoms with Gasteiger partial charge in [0, 0.05) is 24.7 Å². The number of rotatable bonds is 7. The highest BCUT2D eigenvalue weighted by molar-refractivity contribution is 5.84. The fourth-order valence-corrected chi connectivity index (χ4v) is 2.71. The molecule has 8 heteroatoms. The molecule has 3 N–H and O–H groups in total. The van der Waals surface area contributed by atoms with E-state index in [-0.39, 0.29) is 42.7 Å². The molecule has 0 heterocycles. The first kappa shape index (κ1) is 20.2. The largest absolute Gasteiger partial charge is 0.480 e. The molecular weight excluding hydrogens is 312 g/mol. The first-order valence-corrected chi connectivity index (χ1v) is 8.30. The average Bonchev–Trinajstić information content (AvgIpc) is 2.37. The third-order valence-corrected chi connectivity index (χ3v) is 3.94. The third kappa shape index (κ3) is 6.74. The van der Waals surface area contributed by atoms with Crippen LogP contribution in [-0.2, 0) is 9.59 Å². The van der Waals surface area contributed by atoms with Gasteiger partial charge < -0.3 is 20.6 Å². The van der Waals surface area contributed by atoms with E-state index in [1.807, 2.05) is 32.6 Å². The summed E-state index contributed by atoms with van der Waals surface area (Å²) in [6.07, 6.45) is 1.46. The van der Waals surface area contributed by atoms with Gasteiger partial charge in [-0.15, -0.1) is 0 Å². The molecule has 1 aliphatic rings. The van der Waals surface area contributed by atoms with Crippen molar-refractivity contribution < 1.29 is 19.5 Å². The van der Waals surface area contributed by atoms with Crippen molar-refractivity contribution >= 4 is 17.9 Å². The summed E-state index contributed by atoms with van der Waals surface area (Å²) in [4.78, 5) is 38.0. The highest BCUT2D eigenvalue weighted by Crippen LogP contribution is 2.25. The van der Waals surface area contributed by atoms with Crippen LogP contribution in [0.5, 0.6) is 0 Å². The van der Waals surface area contributed by atoms with E-state index in [0.717, 1.165) is 12.8 Å². The molecule has 1 rings (SSSR count). The molecule has 0 aromatic carbocycles. The molecule has 0 aliphatic heterocycles. The predicted molar refractivity (Wildman–Crippen MR) is 90.8 cm³/mol. The molecular formula is C16H30N4O4. The van der Waals surface area contributed by atoms with Crippen molar-refractivity contribution in [2.45, 2.75) is 58.2 Å². The number of likely N-dealkylation sites (N-methyl/N-ethyl adjacent to an activating group) is 2. The second kappa shape index (κ2) is 8.32. The van der Waals surface area contributed by atoms with Crippen molar-refractivity contribution in [3.63, 3.8) is 0 Å². The first-order chi connectivity index (χ1) is 11.0. The highest BCUT2D eigenvalue weighted by Gasteiger charge is 2.35. The van der Waals surface area contributed by atoms with Crippen molar-refractivity contribution in [3.05, 3.63) is 0 Å². The molecule has 1 saturated carbocycles. The van der Waals surface area contributed by atoms with Gasteiger partial charge >= 0.3 is 12.0 Å². The smallest absolute Gasteiger partial charge is 0.317 e. The van der Waals surface area contributed by atoms with Gasteiger partial charge in [-0.1, -0.05) is 6.92 Å². The lowest BCUT2D eigenvalue weighted by molar-refractivity contribution is -0.139. The van der Waals surface area contributed by atoms with E-state index in [1.165, 1.54) is 4.90 Å². The van der Waals surface area contributed by atoms with Gasteiger partial charge in [0.25, 0.3) is 0 Å². The maximum Gasteiger partial charge on any atom is 0.317 e. The second-order valence-electron chi connectivity index (χ2n) is 7.38. The van der Waals surface area contributed by atoms with E-state index >= 15 is 0 Å². The number of carboxylic acids is 1. The van der Waals surface area contributed by atoms with Crippen LogP contribution < -0.4 is 10.6 Å². The van der Waals surface area contributed by atoms with Crippen molar-refractivity contribution in [3.8, 4) is 0 Å². The Labute approximate surface area is 143 Å². The standard InChI is InChI=1S/C16H30N4O4/c1-6-20(10-14(22)23)12-7-11(8-12)17-15(24)19(5)9-13(21)18-16(2,3)4/h11-12H,6-10H2,1-5H3,(H,17,24)(H,18,21)(H,22,23). The molecule has 0 atom stereocenters. The molecule has 0 saturated heterocycles. The Bertz CT molecular complexity index is 469. The highest BCUT2D eigenvalue weighted by atomic mass is 16.4. The Kier molecular flexibility index (Phi) is 7.01. The molecule has 0 aromatic rings. The summed E-state index contributed by atoms with van der Waals surface area (Å²) < 4.78 is 0. The molecule has 8 nitrogen and oxygen atoms in total. The van der Waals surface area contributed by atoms with Crippen LogP contribution in [0.15, 0.2) is 0 Å². The van der Waals surface area contributed by atoms with Crippen LogP contribution >= 0.6 is 0 Å². The van der Waals surface area contributed by atoms with Crippen molar-refractivity contribution in [2.75, 3.05) is 26.7 Å². The zero-order chi connectivity index (χ0) is 18.5. The lowest BCUT2D eigenvalue weighted by Gasteiger charge is -2.42. The van der Waals surface area contributed by atoms with Gasteiger partial charge in [0.15, 0.2) is 0 Å². The maximum absolute atomic E-state index is 12.1. The molecule has 1 fully saturated rings. The van der Waals surface area contributed by atoms with Gasteiger partial charge in [-0.3, -0.25) is 14.5 Å². The topological polar surface area (TPSA) is 102 Å². The summed E-state index contributed by atoms with van der Waals surface area (Å²) in [5, 5.41) is 14.6. The van der Waals surface area contributed by atoms with E-state index in [2.05, 4.69) is 10.6 Å². The van der Waals surface area contributed by atoms with Crippen LogP contribution in [0, 0.1) is 0 Å². The number of aliphatic carboxylic acids is 1. The lowest BCUT2D eigenvalue weighted by Crippen LogP contribution is -2.57. The summed E-state index contributed by atoms with van der Waals surface area (Å²) in [7, 11) is 1.58. The van der Waals surface area contributed by atoms with Crippen LogP contribution in [0.2, 0.25) is 0 Å². The fourth-order valence-electron chi connectivity index (χ4n) is 2.71. The zero-order valence-electron chi connectivity index (χ0n) is 15.3. The molecule has 138 valence electrons. The molecule has 0 bridgehead atoms. The van der Waals surface area contributed by atoms with Crippen LogP contribution in [0.4, 0.5) is 4.79 Å². The zero-order valence-corrected chi connectivity index (χ0v) is 15.3. The van der Waals surface area contributed by atoms with E-state index in [1.54, 1.807) is 7.05 Å². The molecule has 1 aliphatic carbocycles. The Morgan fingerprint density at radius 1 is 1.17 bits per heavy atom. The van der Waals surface area contributed by atoms with Crippen molar-refractivity contribution in [1.82, 2.24) is 20.4 Å². The Morgan fingerprint density at radius 2 is 1.75 bits per heavy atom. The van der Waals surface area contributed by atoms with E-state index in [4.69, 9.17) is 5.11 Å². The Morgan fingerprint density at radius 3 is 2.21 bits per heavy atom. The van der Waals surface area contributed by atoms with Crippen molar-refractivity contribution in [2.24, 2.45) is 0 Å². The minimum atomic E-state index is -0.839. The number of nitrogens with one attached hydrogen (secondary N) is 2. The van der Waals surface area contributed by atoms with E-state index < -0.39 is 5.97 Å². The van der Waals surface area contributed by atoms with Crippen molar-refractivity contribution in [1.29, 1.82) is 0 Å². The van der Waals surface area contributed by atoms with Gasteiger partial charge in [0.2, 0.25) is 5.91 Å². The maximum atomic E-state index is 12.1. The second-order valence-corrected chi connectivity index (χ2v) is 7.38. The summed E-state index contributed by atoms with van der Waals surface area (Å²) in [6.45, 7) is 8.28. The van der Waals surface area contributed by atoms with Crippen LogP contribution in [-0.4, -0.2) is 77.1 Å². The lowest BCUT2D eigenvalue weighted by atomic mass is 9.85. The van der Waals surface area contributed by atoms with Crippen LogP contribution in [0.25, 0.3) is 0 Å². The van der Waals surface area contributed by atoms with Gasteiger partial charge in [0.1, 0.15) is 6.54 Å². The van der Waals surface area contributed by atoms with Crippen LogP contribution in [0.1, 0.15) is 40.5 Å².